The number of nitriles is 1. The van der Waals surface area contributed by atoms with Gasteiger partial charge in [0.05, 0.1) is 28.0 Å². The van der Waals surface area contributed by atoms with Crippen molar-refractivity contribution in [3.63, 3.8) is 0 Å². The van der Waals surface area contributed by atoms with Crippen LogP contribution in [0, 0.1) is 11.3 Å². The molecule has 0 N–H and O–H groups in total. The van der Waals surface area contributed by atoms with Crippen molar-refractivity contribution in [1.29, 1.82) is 5.26 Å². The second-order valence-electron chi connectivity index (χ2n) is 11.5. The highest BCUT2D eigenvalue weighted by molar-refractivity contribution is 6.21. The Bertz CT molecular complexity index is 2200. The second-order valence-corrected chi connectivity index (χ2v) is 11.5. The summed E-state index contributed by atoms with van der Waals surface area (Å²) >= 11 is 0. The number of nitrogens with zero attached hydrogens (tertiary/aromatic N) is 6. The molecule has 4 heterocycles. The topological polar surface area (TPSA) is 98.0 Å². The zero-order valence-corrected chi connectivity index (χ0v) is 25.2. The minimum absolute atomic E-state index is 0.240. The maximum absolute atomic E-state index is 13.9. The van der Waals surface area contributed by atoms with Gasteiger partial charge in [-0.05, 0) is 43.5 Å². The number of carbonyl (C=O) groups is 2. The zero-order valence-electron chi connectivity index (χ0n) is 25.2. The van der Waals surface area contributed by atoms with Crippen LogP contribution < -0.4 is 5.69 Å². The Kier molecular flexibility index (Phi) is 6.97. The van der Waals surface area contributed by atoms with Gasteiger partial charge in [0.1, 0.15) is 11.8 Å². The number of amides is 2. The molecule has 0 fully saturated rings. The highest BCUT2D eigenvalue weighted by Crippen LogP contribution is 2.36. The zero-order chi connectivity index (χ0) is 31.2. The van der Waals surface area contributed by atoms with Gasteiger partial charge in [-0.1, -0.05) is 55.5 Å². The second kappa shape index (κ2) is 11.1. The van der Waals surface area contributed by atoms with Crippen LogP contribution in [0.3, 0.4) is 0 Å². The molecular weight excluding hydrogens is 564 g/mol. The van der Waals surface area contributed by atoms with Crippen LogP contribution in [-0.2, 0) is 20.1 Å². The third-order valence-corrected chi connectivity index (χ3v) is 8.79. The Labute approximate surface area is 259 Å². The highest BCUT2D eigenvalue weighted by Gasteiger charge is 2.34. The smallest absolute Gasteiger partial charge is 0.334 e. The summed E-state index contributed by atoms with van der Waals surface area (Å²) in [6, 6.07) is 25.3. The number of carbonyl (C=O) groups excluding carboxylic acids is 2. The molecule has 0 radical (unpaired) electrons. The van der Waals surface area contributed by atoms with Gasteiger partial charge in [0.25, 0.3) is 11.8 Å². The summed E-state index contributed by atoms with van der Waals surface area (Å²) in [5.74, 6) is -0.480. The summed E-state index contributed by atoms with van der Waals surface area (Å²) in [5.41, 5.74) is 5.06. The molecule has 0 bridgehead atoms. The molecule has 1 aliphatic heterocycles. The van der Waals surface area contributed by atoms with Crippen molar-refractivity contribution in [1.82, 2.24) is 23.2 Å². The molecular formula is C36H32N6O3. The fourth-order valence-electron chi connectivity index (χ4n) is 6.65. The van der Waals surface area contributed by atoms with E-state index in [0.717, 1.165) is 52.4 Å². The Morgan fingerprint density at radius 2 is 1.27 bits per heavy atom. The average Bonchev–Trinajstić information content (AvgIpc) is 3.75. The monoisotopic (exact) mass is 596 g/mol. The number of unbranched alkanes of at least 4 members (excludes halogenated alkanes) is 1. The summed E-state index contributed by atoms with van der Waals surface area (Å²) < 4.78 is 7.41. The van der Waals surface area contributed by atoms with Crippen LogP contribution in [0.2, 0.25) is 0 Å². The van der Waals surface area contributed by atoms with E-state index in [1.54, 1.807) is 35.9 Å². The molecule has 1 aliphatic rings. The van der Waals surface area contributed by atoms with Gasteiger partial charge in [-0.3, -0.25) is 23.6 Å². The number of hydrogen-bond acceptors (Lipinski definition) is 4. The molecule has 0 unspecified atom stereocenters. The van der Waals surface area contributed by atoms with E-state index in [4.69, 9.17) is 0 Å². The van der Waals surface area contributed by atoms with Crippen LogP contribution in [0.4, 0.5) is 0 Å². The van der Waals surface area contributed by atoms with E-state index in [0.29, 0.717) is 42.0 Å². The largest absolute Gasteiger partial charge is 0.347 e. The lowest BCUT2D eigenvalue weighted by Crippen LogP contribution is -2.30. The molecule has 0 saturated heterocycles. The third kappa shape index (κ3) is 4.41. The minimum atomic E-state index is -0.279. The van der Waals surface area contributed by atoms with E-state index in [2.05, 4.69) is 28.2 Å². The standard InChI is InChI=1S/C36H32N6O3/c1-3-18-39-23-32(27-15-7-9-17-30(27)39)42-33(31(21-37)38(2)36(42)45)28-22-40(29-16-8-6-12-24(28)29)19-10-11-20-41-34(43)25-13-4-5-14-26(25)35(41)44/h4-9,12-17,22-23H,3,10-11,18-20H2,1-2H3. The molecule has 0 spiro atoms. The van der Waals surface area contributed by atoms with Crippen molar-refractivity contribution < 1.29 is 9.59 Å². The average molecular weight is 597 g/mol. The van der Waals surface area contributed by atoms with E-state index in [1.807, 2.05) is 54.9 Å². The maximum atomic E-state index is 13.9. The van der Waals surface area contributed by atoms with Gasteiger partial charge in [-0.2, -0.15) is 5.26 Å². The van der Waals surface area contributed by atoms with Crippen molar-refractivity contribution in [2.45, 2.75) is 39.3 Å². The van der Waals surface area contributed by atoms with Gasteiger partial charge in [0.2, 0.25) is 0 Å². The van der Waals surface area contributed by atoms with Crippen molar-refractivity contribution in [2.24, 2.45) is 7.05 Å². The van der Waals surface area contributed by atoms with Gasteiger partial charge in [0, 0.05) is 60.9 Å². The van der Waals surface area contributed by atoms with Crippen molar-refractivity contribution in [3.8, 4) is 23.0 Å². The van der Waals surface area contributed by atoms with Crippen molar-refractivity contribution >= 4 is 33.6 Å². The van der Waals surface area contributed by atoms with Gasteiger partial charge < -0.3 is 9.13 Å². The van der Waals surface area contributed by atoms with Crippen molar-refractivity contribution in [3.05, 3.63) is 112 Å². The fourth-order valence-corrected chi connectivity index (χ4v) is 6.65. The van der Waals surface area contributed by atoms with Gasteiger partial charge in [-0.15, -0.1) is 0 Å². The Balaban J connectivity index is 1.26. The summed E-state index contributed by atoms with van der Waals surface area (Å²) in [4.78, 5) is 40.8. The minimum Gasteiger partial charge on any atom is -0.347 e. The fraction of sp³-hybridized carbons (Fsp3) is 0.222. The molecule has 9 nitrogen and oxygen atoms in total. The molecule has 3 aromatic heterocycles. The van der Waals surface area contributed by atoms with Crippen LogP contribution in [0.25, 0.3) is 38.8 Å². The molecule has 2 amide bonds. The van der Waals surface area contributed by atoms with E-state index in [9.17, 15) is 19.6 Å². The first-order chi connectivity index (χ1) is 21.9. The first-order valence-corrected chi connectivity index (χ1v) is 15.3. The quantitative estimate of drug-likeness (QED) is 0.149. The lowest BCUT2D eigenvalue weighted by Gasteiger charge is -2.13. The van der Waals surface area contributed by atoms with Gasteiger partial charge in [-0.25, -0.2) is 4.79 Å². The van der Waals surface area contributed by atoms with Crippen molar-refractivity contribution in [2.75, 3.05) is 6.54 Å². The number of aromatic nitrogens is 4. The predicted molar refractivity (Wildman–Crippen MR) is 173 cm³/mol. The number of para-hydroxylation sites is 2. The number of fused-ring (bicyclic) bond motifs is 3. The Hall–Kier alpha value is -5.62. The number of imide groups is 1. The maximum Gasteiger partial charge on any atom is 0.334 e. The molecule has 45 heavy (non-hydrogen) atoms. The molecule has 224 valence electrons. The summed E-state index contributed by atoms with van der Waals surface area (Å²) in [6.45, 7) is 3.91. The van der Waals surface area contributed by atoms with E-state index in [1.165, 1.54) is 9.47 Å². The first kappa shape index (κ1) is 28.2. The first-order valence-electron chi connectivity index (χ1n) is 15.3. The number of imidazole rings is 1. The predicted octanol–water partition coefficient (Wildman–Crippen LogP) is 6.11. The Morgan fingerprint density at radius 3 is 1.93 bits per heavy atom. The number of aryl methyl sites for hydroxylation is 2. The van der Waals surface area contributed by atoms with E-state index < -0.39 is 0 Å². The van der Waals surface area contributed by atoms with Gasteiger partial charge in [0.15, 0.2) is 0 Å². The van der Waals surface area contributed by atoms with Crippen LogP contribution in [0.5, 0.6) is 0 Å². The number of hydrogen-bond donors (Lipinski definition) is 0. The third-order valence-electron chi connectivity index (χ3n) is 8.79. The summed E-state index contributed by atoms with van der Waals surface area (Å²) in [5, 5.41) is 12.2. The lowest BCUT2D eigenvalue weighted by atomic mass is 10.1. The van der Waals surface area contributed by atoms with Crippen LogP contribution in [0.15, 0.2) is 90.0 Å². The van der Waals surface area contributed by atoms with Crippen LogP contribution >= 0.6 is 0 Å². The normalized spacial score (nSPS) is 12.9. The lowest BCUT2D eigenvalue weighted by molar-refractivity contribution is 0.0651. The Morgan fingerprint density at radius 1 is 0.689 bits per heavy atom. The van der Waals surface area contributed by atoms with Gasteiger partial charge >= 0.3 is 5.69 Å². The summed E-state index contributed by atoms with van der Waals surface area (Å²) in [7, 11) is 1.64. The van der Waals surface area contributed by atoms with Crippen LogP contribution in [-0.4, -0.2) is 41.5 Å². The molecule has 9 heteroatoms. The number of benzene rings is 3. The van der Waals surface area contributed by atoms with Crippen LogP contribution in [0.1, 0.15) is 52.6 Å². The summed E-state index contributed by atoms with van der Waals surface area (Å²) in [6.07, 6.45) is 6.34. The number of rotatable bonds is 9. The molecule has 6 aromatic rings. The van der Waals surface area contributed by atoms with E-state index in [-0.39, 0.29) is 17.5 Å². The molecule has 7 rings (SSSR count). The SMILES string of the molecule is CCCn1cc(-n2c(-c3cn(CCCCN4C(=O)c5ccccc5C4=O)c4ccccc34)c(C#N)n(C)c2=O)c2ccccc21. The highest BCUT2D eigenvalue weighted by atomic mass is 16.2. The molecule has 0 saturated carbocycles. The molecule has 3 aromatic carbocycles. The molecule has 0 aliphatic carbocycles. The molecule has 0 atom stereocenters. The van der Waals surface area contributed by atoms with E-state index >= 15 is 0 Å².